The van der Waals surface area contributed by atoms with Crippen molar-refractivity contribution in [3.05, 3.63) is 77.1 Å². The molecule has 2 aromatic rings. The van der Waals surface area contributed by atoms with Crippen molar-refractivity contribution in [1.82, 2.24) is 0 Å². The van der Waals surface area contributed by atoms with Crippen molar-refractivity contribution in [2.45, 2.75) is 94.9 Å². The summed E-state index contributed by atoms with van der Waals surface area (Å²) in [5.41, 5.74) is 1.37. The molecular weight excluding hydrogens is 465 g/mol. The highest BCUT2D eigenvalue weighted by Gasteiger charge is 2.29. The summed E-state index contributed by atoms with van der Waals surface area (Å²) in [5, 5.41) is 9.70. The van der Waals surface area contributed by atoms with Crippen molar-refractivity contribution in [3.8, 4) is 5.75 Å². The van der Waals surface area contributed by atoms with E-state index in [0.29, 0.717) is 67.6 Å². The minimum atomic E-state index is -0.726. The molecule has 0 aliphatic heterocycles. The Bertz CT molecular complexity index is 1010. The maximum Gasteiger partial charge on any atom is 0.162 e. The highest BCUT2D eigenvalue weighted by Crippen LogP contribution is 2.40. The monoisotopic (exact) mass is 502 g/mol. The predicted molar refractivity (Wildman–Crippen MR) is 135 cm³/mol. The van der Waals surface area contributed by atoms with Gasteiger partial charge in [0.15, 0.2) is 11.6 Å². The molecular formula is C30H37F3O3. The zero-order chi connectivity index (χ0) is 25.5. The van der Waals surface area contributed by atoms with Crippen LogP contribution in [-0.2, 0) is 11.3 Å². The van der Waals surface area contributed by atoms with Crippen LogP contribution in [-0.4, -0.2) is 23.9 Å². The smallest absolute Gasteiger partial charge is 0.162 e. The maximum absolute atomic E-state index is 15.0. The molecule has 3 nitrogen and oxygen atoms in total. The molecule has 1 N–H and O–H groups in total. The van der Waals surface area contributed by atoms with Crippen LogP contribution >= 0.6 is 0 Å². The molecule has 0 aromatic heterocycles. The lowest BCUT2D eigenvalue weighted by Gasteiger charge is -2.30. The normalized spacial score (nSPS) is 24.4. The summed E-state index contributed by atoms with van der Waals surface area (Å²) >= 11 is 0. The number of aliphatic hydroxyl groups is 1. The van der Waals surface area contributed by atoms with Crippen LogP contribution in [0.3, 0.4) is 0 Å². The molecule has 2 aromatic carbocycles. The Hall–Kier alpha value is -2.31. The van der Waals surface area contributed by atoms with Crippen LogP contribution in [0.15, 0.2) is 43.0 Å². The highest BCUT2D eigenvalue weighted by atomic mass is 19.2. The van der Waals surface area contributed by atoms with Gasteiger partial charge in [-0.1, -0.05) is 24.3 Å². The number of unbranched alkanes of at least 4 members (excludes halogenated alkanes) is 1. The Labute approximate surface area is 212 Å². The van der Waals surface area contributed by atoms with Gasteiger partial charge < -0.3 is 14.6 Å². The van der Waals surface area contributed by atoms with Crippen molar-refractivity contribution in [3.63, 3.8) is 0 Å². The third kappa shape index (κ3) is 6.71. The Morgan fingerprint density at radius 3 is 2.06 bits per heavy atom. The average molecular weight is 503 g/mol. The summed E-state index contributed by atoms with van der Waals surface area (Å²) < 4.78 is 56.0. The van der Waals surface area contributed by atoms with Crippen LogP contribution in [0, 0.1) is 17.5 Å². The van der Waals surface area contributed by atoms with Crippen molar-refractivity contribution in [1.29, 1.82) is 0 Å². The van der Waals surface area contributed by atoms with Gasteiger partial charge in [-0.3, -0.25) is 0 Å². The maximum atomic E-state index is 15.0. The number of hydrogen-bond donors (Lipinski definition) is 1. The SMILES string of the molecule is C=CCCCOc1ccc(COC2CCC(c3ccc(C4CCC(O)CC4)c(F)c3F)CC2)c(F)c1. The van der Waals surface area contributed by atoms with Gasteiger partial charge in [-0.05, 0) is 93.2 Å². The van der Waals surface area contributed by atoms with Crippen molar-refractivity contribution in [2.24, 2.45) is 0 Å². The predicted octanol–water partition coefficient (Wildman–Crippen LogP) is 7.71. The fraction of sp³-hybridized carbons (Fsp3) is 0.533. The zero-order valence-electron chi connectivity index (χ0n) is 20.9. The third-order valence-corrected chi connectivity index (χ3v) is 7.71. The first-order valence-electron chi connectivity index (χ1n) is 13.3. The Kier molecular flexibility index (Phi) is 9.49. The van der Waals surface area contributed by atoms with Crippen molar-refractivity contribution < 1.29 is 27.8 Å². The van der Waals surface area contributed by atoms with E-state index in [4.69, 9.17) is 9.47 Å². The lowest BCUT2D eigenvalue weighted by Crippen LogP contribution is -2.22. The first-order chi connectivity index (χ1) is 17.5. The standard InChI is InChI=1S/C30H37F3O3/c1-2-3-4-17-35-25-14-9-22(28(31)18-25)19-36-24-12-7-21(8-13-24)27-16-15-26(29(32)30(27)33)20-5-10-23(34)11-6-20/h2,9,14-16,18,20-21,23-24,34H,1,3-8,10-13,17,19H2. The summed E-state index contributed by atoms with van der Waals surface area (Å²) in [6, 6.07) is 8.33. The molecule has 2 aliphatic carbocycles. The second-order valence-electron chi connectivity index (χ2n) is 10.2. The van der Waals surface area contributed by atoms with E-state index in [9.17, 15) is 13.9 Å². The number of halogens is 3. The zero-order valence-corrected chi connectivity index (χ0v) is 20.9. The number of allylic oxidation sites excluding steroid dienone is 1. The molecule has 196 valence electrons. The first kappa shape index (κ1) is 26.7. The van der Waals surface area contributed by atoms with E-state index in [1.165, 1.54) is 6.07 Å². The molecule has 6 heteroatoms. The van der Waals surface area contributed by atoms with E-state index < -0.39 is 11.6 Å². The van der Waals surface area contributed by atoms with E-state index in [-0.39, 0.29) is 36.5 Å². The molecule has 0 heterocycles. The molecule has 2 fully saturated rings. The molecule has 0 amide bonds. The lowest BCUT2D eigenvalue weighted by molar-refractivity contribution is 0.0118. The minimum absolute atomic E-state index is 0.0284. The van der Waals surface area contributed by atoms with Crippen LogP contribution in [0.5, 0.6) is 5.75 Å². The van der Waals surface area contributed by atoms with Crippen LogP contribution in [0.2, 0.25) is 0 Å². The molecule has 0 bridgehead atoms. The van der Waals surface area contributed by atoms with E-state index >= 15 is 4.39 Å². The third-order valence-electron chi connectivity index (χ3n) is 7.71. The van der Waals surface area contributed by atoms with Gasteiger partial charge in [-0.15, -0.1) is 6.58 Å². The summed E-state index contributed by atoms with van der Waals surface area (Å²) in [7, 11) is 0. The number of aliphatic hydroxyl groups excluding tert-OH is 1. The molecule has 2 aliphatic rings. The van der Waals surface area contributed by atoms with E-state index in [1.54, 1.807) is 24.3 Å². The molecule has 36 heavy (non-hydrogen) atoms. The fourth-order valence-corrected chi connectivity index (χ4v) is 5.50. The van der Waals surface area contributed by atoms with Crippen molar-refractivity contribution >= 4 is 0 Å². The van der Waals surface area contributed by atoms with Crippen LogP contribution in [0.1, 0.15) is 92.7 Å². The lowest BCUT2D eigenvalue weighted by atomic mass is 9.79. The van der Waals surface area contributed by atoms with Gasteiger partial charge in [0.25, 0.3) is 0 Å². The Balaban J connectivity index is 1.27. The Morgan fingerprint density at radius 1 is 0.861 bits per heavy atom. The second kappa shape index (κ2) is 12.8. The molecule has 0 saturated heterocycles. The van der Waals surface area contributed by atoms with Crippen LogP contribution in [0.25, 0.3) is 0 Å². The fourth-order valence-electron chi connectivity index (χ4n) is 5.50. The second-order valence-corrected chi connectivity index (χ2v) is 10.2. The van der Waals surface area contributed by atoms with Crippen LogP contribution in [0.4, 0.5) is 13.2 Å². The summed E-state index contributed by atoms with van der Waals surface area (Å²) in [5.74, 6) is -1.37. The highest BCUT2D eigenvalue weighted by molar-refractivity contribution is 5.32. The summed E-state index contributed by atoms with van der Waals surface area (Å²) in [4.78, 5) is 0. The first-order valence-corrected chi connectivity index (χ1v) is 13.3. The minimum Gasteiger partial charge on any atom is -0.493 e. The van der Waals surface area contributed by atoms with Gasteiger partial charge in [0, 0.05) is 11.6 Å². The Morgan fingerprint density at radius 2 is 1.47 bits per heavy atom. The van der Waals surface area contributed by atoms with Crippen LogP contribution < -0.4 is 4.74 Å². The topological polar surface area (TPSA) is 38.7 Å². The molecule has 0 unspecified atom stereocenters. The number of ether oxygens (including phenoxy) is 2. The largest absolute Gasteiger partial charge is 0.493 e. The van der Waals surface area contributed by atoms with Crippen molar-refractivity contribution in [2.75, 3.05) is 6.61 Å². The van der Waals surface area contributed by atoms with E-state index in [0.717, 1.165) is 25.7 Å². The summed E-state index contributed by atoms with van der Waals surface area (Å²) in [6.07, 6.45) is 8.66. The van der Waals surface area contributed by atoms with E-state index in [2.05, 4.69) is 6.58 Å². The molecule has 0 spiro atoms. The summed E-state index contributed by atoms with van der Waals surface area (Å²) in [6.45, 7) is 4.36. The van der Waals surface area contributed by atoms with Gasteiger partial charge >= 0.3 is 0 Å². The van der Waals surface area contributed by atoms with Gasteiger partial charge in [0.1, 0.15) is 11.6 Å². The average Bonchev–Trinajstić information content (AvgIpc) is 2.89. The molecule has 0 radical (unpaired) electrons. The van der Waals surface area contributed by atoms with Gasteiger partial charge in [0.05, 0.1) is 25.4 Å². The van der Waals surface area contributed by atoms with Gasteiger partial charge in [-0.25, -0.2) is 13.2 Å². The number of rotatable bonds is 10. The molecule has 2 saturated carbocycles. The van der Waals surface area contributed by atoms with Gasteiger partial charge in [0.2, 0.25) is 0 Å². The quantitative estimate of drug-likeness (QED) is 0.267. The molecule has 0 atom stereocenters. The van der Waals surface area contributed by atoms with Gasteiger partial charge in [-0.2, -0.15) is 0 Å². The molecule has 4 rings (SSSR count). The van der Waals surface area contributed by atoms with E-state index in [1.807, 2.05) is 6.08 Å². The number of benzene rings is 2. The number of hydrogen-bond acceptors (Lipinski definition) is 3.